The number of morpholine rings is 1. The van der Waals surface area contributed by atoms with Gasteiger partial charge in [-0.1, -0.05) is 30.3 Å². The summed E-state index contributed by atoms with van der Waals surface area (Å²) in [6.07, 6.45) is 3.93. The highest BCUT2D eigenvalue weighted by molar-refractivity contribution is 5.96. The highest BCUT2D eigenvalue weighted by atomic mass is 16.5. The molecule has 7 heteroatoms. The molecule has 2 aromatic heterocycles. The zero-order valence-corrected chi connectivity index (χ0v) is 20.2. The lowest BCUT2D eigenvalue weighted by atomic mass is 10.1. The number of nitrogens with zero attached hydrogens (tertiary/aromatic N) is 4. The molecule has 2 aromatic carbocycles. The fourth-order valence-electron chi connectivity index (χ4n) is 4.38. The molecule has 7 nitrogen and oxygen atoms in total. The van der Waals surface area contributed by atoms with Gasteiger partial charge in [0.2, 0.25) is 0 Å². The molecule has 0 atom stereocenters. The van der Waals surface area contributed by atoms with Crippen molar-refractivity contribution in [3.05, 3.63) is 95.4 Å². The van der Waals surface area contributed by atoms with E-state index >= 15 is 0 Å². The van der Waals surface area contributed by atoms with Crippen molar-refractivity contribution < 1.29 is 14.3 Å². The molecule has 5 rings (SSSR count). The van der Waals surface area contributed by atoms with E-state index in [1.807, 2.05) is 67.2 Å². The Kier molecular flexibility index (Phi) is 6.68. The number of hydrogen-bond acceptors (Lipinski definition) is 5. The number of imidazole rings is 1. The molecule has 0 unspecified atom stereocenters. The van der Waals surface area contributed by atoms with Gasteiger partial charge in [-0.25, -0.2) is 4.98 Å². The highest BCUT2D eigenvalue weighted by Gasteiger charge is 2.18. The van der Waals surface area contributed by atoms with Crippen molar-refractivity contribution in [1.82, 2.24) is 14.3 Å². The summed E-state index contributed by atoms with van der Waals surface area (Å²) in [5.74, 6) is 0.476. The minimum atomic E-state index is -0.0799. The first-order valence-electron chi connectivity index (χ1n) is 11.9. The molecule has 1 amide bonds. The number of aryl methyl sites for hydroxylation is 1. The standard InChI is InChI=1S/C28H30N4O3/c1-21-6-5-13-32-19-23(29-27(21)32)20-35-26-8-4-3-7-25(26)28(33)30(2)18-22-9-11-24(12-10-22)31-14-16-34-17-15-31/h3-13,19H,14-18,20H2,1-2H3. The Morgan fingerprint density at radius 1 is 1.06 bits per heavy atom. The number of para-hydroxylation sites is 1. The number of aromatic nitrogens is 2. The SMILES string of the molecule is Cc1cccn2cc(COc3ccccc3C(=O)N(C)Cc3ccc(N4CCOCC4)cc3)nc12. The first-order valence-corrected chi connectivity index (χ1v) is 11.9. The van der Waals surface area contributed by atoms with E-state index in [-0.39, 0.29) is 12.5 Å². The van der Waals surface area contributed by atoms with Crippen molar-refractivity contribution in [2.45, 2.75) is 20.1 Å². The lowest BCUT2D eigenvalue weighted by Gasteiger charge is -2.29. The summed E-state index contributed by atoms with van der Waals surface area (Å²) in [5, 5.41) is 0. The second-order valence-corrected chi connectivity index (χ2v) is 8.87. The van der Waals surface area contributed by atoms with E-state index in [1.165, 1.54) is 5.69 Å². The smallest absolute Gasteiger partial charge is 0.257 e. The monoisotopic (exact) mass is 470 g/mol. The third-order valence-electron chi connectivity index (χ3n) is 6.30. The number of benzene rings is 2. The molecule has 1 saturated heterocycles. The third-order valence-corrected chi connectivity index (χ3v) is 6.30. The summed E-state index contributed by atoms with van der Waals surface area (Å²) < 4.78 is 13.5. The number of carbonyl (C=O) groups is 1. The average Bonchev–Trinajstić information content (AvgIpc) is 3.33. The number of hydrogen-bond donors (Lipinski definition) is 0. The van der Waals surface area contributed by atoms with Crippen molar-refractivity contribution in [3.63, 3.8) is 0 Å². The third kappa shape index (κ3) is 5.15. The molecule has 0 radical (unpaired) electrons. The summed E-state index contributed by atoms with van der Waals surface area (Å²) in [6, 6.07) is 19.8. The maximum atomic E-state index is 13.3. The van der Waals surface area contributed by atoms with Crippen LogP contribution in [0.1, 0.15) is 27.2 Å². The molecule has 0 spiro atoms. The number of rotatable bonds is 7. The fraction of sp³-hybridized carbons (Fsp3) is 0.286. The lowest BCUT2D eigenvalue weighted by Crippen LogP contribution is -2.36. The van der Waals surface area contributed by atoms with Gasteiger partial charge in [0.25, 0.3) is 5.91 Å². The highest BCUT2D eigenvalue weighted by Crippen LogP contribution is 2.23. The first kappa shape index (κ1) is 22.9. The van der Waals surface area contributed by atoms with Gasteiger partial charge in [-0.3, -0.25) is 4.79 Å². The van der Waals surface area contributed by atoms with Crippen molar-refractivity contribution in [2.75, 3.05) is 38.3 Å². The molecular weight excluding hydrogens is 440 g/mol. The van der Waals surface area contributed by atoms with Gasteiger partial charge in [-0.2, -0.15) is 0 Å². The second kappa shape index (κ2) is 10.2. The predicted octanol–water partition coefficient (Wildman–Crippen LogP) is 4.33. The number of amides is 1. The van der Waals surface area contributed by atoms with Gasteiger partial charge >= 0.3 is 0 Å². The van der Waals surface area contributed by atoms with Crippen LogP contribution in [0.2, 0.25) is 0 Å². The van der Waals surface area contributed by atoms with Crippen LogP contribution in [0.3, 0.4) is 0 Å². The summed E-state index contributed by atoms with van der Waals surface area (Å²) in [4.78, 5) is 22.0. The number of fused-ring (bicyclic) bond motifs is 1. The van der Waals surface area contributed by atoms with Gasteiger partial charge in [-0.05, 0) is 48.4 Å². The van der Waals surface area contributed by atoms with Gasteiger partial charge in [0.15, 0.2) is 0 Å². The van der Waals surface area contributed by atoms with Gasteiger partial charge in [0.05, 0.1) is 24.5 Å². The van der Waals surface area contributed by atoms with Crippen LogP contribution in [-0.2, 0) is 17.9 Å². The van der Waals surface area contributed by atoms with Crippen LogP contribution in [0.25, 0.3) is 5.65 Å². The topological polar surface area (TPSA) is 59.3 Å². The molecule has 35 heavy (non-hydrogen) atoms. The largest absolute Gasteiger partial charge is 0.486 e. The Morgan fingerprint density at radius 2 is 1.83 bits per heavy atom. The number of ether oxygens (including phenoxy) is 2. The Morgan fingerprint density at radius 3 is 2.60 bits per heavy atom. The molecule has 0 saturated carbocycles. The zero-order chi connectivity index (χ0) is 24.2. The quantitative estimate of drug-likeness (QED) is 0.402. The van der Waals surface area contributed by atoms with E-state index in [0.29, 0.717) is 17.9 Å². The van der Waals surface area contributed by atoms with Gasteiger partial charge in [0, 0.05) is 44.8 Å². The number of anilines is 1. The summed E-state index contributed by atoms with van der Waals surface area (Å²) in [6.45, 7) is 6.17. The maximum absolute atomic E-state index is 13.3. The molecule has 0 N–H and O–H groups in total. The van der Waals surface area contributed by atoms with Crippen LogP contribution in [-0.4, -0.2) is 53.5 Å². The van der Waals surface area contributed by atoms with Crippen LogP contribution in [0.5, 0.6) is 5.75 Å². The molecule has 4 aromatic rings. The fourth-order valence-corrected chi connectivity index (χ4v) is 4.38. The molecular formula is C28H30N4O3. The zero-order valence-electron chi connectivity index (χ0n) is 20.2. The Labute approximate surface area is 205 Å². The number of carbonyl (C=O) groups excluding carboxylic acids is 1. The van der Waals surface area contributed by atoms with E-state index in [1.54, 1.807) is 4.90 Å². The van der Waals surface area contributed by atoms with Crippen molar-refractivity contribution in [2.24, 2.45) is 0 Å². The second-order valence-electron chi connectivity index (χ2n) is 8.87. The summed E-state index contributed by atoms with van der Waals surface area (Å²) >= 11 is 0. The molecule has 0 aliphatic carbocycles. The Balaban J connectivity index is 1.24. The van der Waals surface area contributed by atoms with Crippen LogP contribution >= 0.6 is 0 Å². The van der Waals surface area contributed by atoms with Crippen molar-refractivity contribution in [1.29, 1.82) is 0 Å². The van der Waals surface area contributed by atoms with Crippen molar-refractivity contribution in [3.8, 4) is 5.75 Å². The molecule has 0 bridgehead atoms. The molecule has 180 valence electrons. The molecule has 1 aliphatic heterocycles. The van der Waals surface area contributed by atoms with E-state index in [0.717, 1.165) is 48.8 Å². The minimum Gasteiger partial charge on any atom is -0.486 e. The molecule has 1 fully saturated rings. The Hall–Kier alpha value is -3.84. The summed E-state index contributed by atoms with van der Waals surface area (Å²) in [7, 11) is 1.82. The van der Waals surface area contributed by atoms with E-state index in [4.69, 9.17) is 9.47 Å². The molecule has 3 heterocycles. The summed E-state index contributed by atoms with van der Waals surface area (Å²) in [5.41, 5.74) is 5.64. The Bertz CT molecular complexity index is 1310. The van der Waals surface area contributed by atoms with Gasteiger partial charge in [-0.15, -0.1) is 0 Å². The van der Waals surface area contributed by atoms with Crippen molar-refractivity contribution >= 4 is 17.2 Å². The van der Waals surface area contributed by atoms with E-state index in [9.17, 15) is 4.79 Å². The lowest BCUT2D eigenvalue weighted by molar-refractivity contribution is 0.0780. The average molecular weight is 471 g/mol. The van der Waals surface area contributed by atoms with Crippen LogP contribution in [0, 0.1) is 6.92 Å². The van der Waals surface area contributed by atoms with Crippen LogP contribution in [0.4, 0.5) is 5.69 Å². The predicted molar refractivity (Wildman–Crippen MR) is 136 cm³/mol. The first-order chi connectivity index (χ1) is 17.1. The van der Waals surface area contributed by atoms with E-state index in [2.05, 4.69) is 34.1 Å². The maximum Gasteiger partial charge on any atom is 0.257 e. The van der Waals surface area contributed by atoms with Crippen LogP contribution < -0.4 is 9.64 Å². The normalized spacial score (nSPS) is 13.7. The minimum absolute atomic E-state index is 0.0799. The number of pyridine rings is 1. The van der Waals surface area contributed by atoms with E-state index < -0.39 is 0 Å². The van der Waals surface area contributed by atoms with Gasteiger partial charge in [0.1, 0.15) is 18.0 Å². The molecule has 1 aliphatic rings. The van der Waals surface area contributed by atoms with Gasteiger partial charge < -0.3 is 23.7 Å². The van der Waals surface area contributed by atoms with Crippen LogP contribution in [0.15, 0.2) is 73.1 Å².